The number of rotatable bonds is 3. The second-order valence-corrected chi connectivity index (χ2v) is 1.91. The maximum absolute atomic E-state index is 5.38. The minimum absolute atomic E-state index is 0.543. The minimum Gasteiger partial charge on any atom is -0.326 e. The van der Waals surface area contributed by atoms with Crippen LogP contribution < -0.4 is 5.73 Å². The molecule has 0 fully saturated rings. The molecule has 11 heavy (non-hydrogen) atoms. The predicted molar refractivity (Wildman–Crippen MR) is 53.5 cm³/mol. The van der Waals surface area contributed by atoms with Gasteiger partial charge in [-0.3, -0.25) is 0 Å². The molecule has 0 aliphatic heterocycles. The Bertz CT molecular complexity index is 143. The van der Waals surface area contributed by atoms with Crippen molar-refractivity contribution in [1.82, 2.24) is 0 Å². The van der Waals surface area contributed by atoms with Crippen LogP contribution in [0.15, 0.2) is 36.5 Å². The lowest BCUT2D eigenvalue weighted by molar-refractivity contribution is 1.15. The van der Waals surface area contributed by atoms with E-state index in [0.29, 0.717) is 6.54 Å². The second-order valence-electron chi connectivity index (χ2n) is 1.91. The predicted octanol–water partition coefficient (Wildman–Crippen LogP) is 2.66. The van der Waals surface area contributed by atoms with Crippen molar-refractivity contribution in [3.8, 4) is 0 Å². The maximum atomic E-state index is 5.38. The van der Waals surface area contributed by atoms with Crippen molar-refractivity contribution >= 4 is 0 Å². The lowest BCUT2D eigenvalue weighted by Crippen LogP contribution is -2.02. The Morgan fingerprint density at radius 3 is 2.00 bits per heavy atom. The van der Waals surface area contributed by atoms with Crippen LogP contribution in [-0.4, -0.2) is 6.54 Å². The van der Waals surface area contributed by atoms with Crippen LogP contribution in [0.1, 0.15) is 20.8 Å². The van der Waals surface area contributed by atoms with Gasteiger partial charge >= 0.3 is 0 Å². The van der Waals surface area contributed by atoms with E-state index >= 15 is 0 Å². The first-order valence-corrected chi connectivity index (χ1v) is 3.90. The summed E-state index contributed by atoms with van der Waals surface area (Å²) in [7, 11) is 0. The Morgan fingerprint density at radius 2 is 1.91 bits per heavy atom. The fraction of sp³-hybridized carbons (Fsp3) is 0.400. The standard InChI is InChI=1S/C8H13N.C2H6/c1-4-5-8(6-9)7(2)3;1-2/h4-5H,1-2,6,9H2,3H3;1-2H3/b8-5-;. The number of hydrogen-bond donors (Lipinski definition) is 1. The lowest BCUT2D eigenvalue weighted by atomic mass is 10.1. The monoisotopic (exact) mass is 153 g/mol. The number of nitrogens with two attached hydrogens (primary N) is 1. The van der Waals surface area contributed by atoms with E-state index < -0.39 is 0 Å². The molecular weight excluding hydrogens is 134 g/mol. The largest absolute Gasteiger partial charge is 0.326 e. The van der Waals surface area contributed by atoms with Crippen molar-refractivity contribution in [2.24, 2.45) is 5.73 Å². The molecule has 0 bridgehead atoms. The van der Waals surface area contributed by atoms with E-state index in [1.54, 1.807) is 6.08 Å². The van der Waals surface area contributed by atoms with Gasteiger partial charge in [0.05, 0.1) is 0 Å². The van der Waals surface area contributed by atoms with Crippen LogP contribution in [0.25, 0.3) is 0 Å². The van der Waals surface area contributed by atoms with Gasteiger partial charge in [-0.1, -0.05) is 44.7 Å². The number of allylic oxidation sites excluding steroid dienone is 2. The summed E-state index contributed by atoms with van der Waals surface area (Å²) in [5.74, 6) is 0. The van der Waals surface area contributed by atoms with Crippen LogP contribution in [0, 0.1) is 0 Å². The minimum atomic E-state index is 0.543. The normalized spacial score (nSPS) is 9.64. The van der Waals surface area contributed by atoms with E-state index in [1.807, 2.05) is 26.8 Å². The highest BCUT2D eigenvalue weighted by molar-refractivity contribution is 5.30. The van der Waals surface area contributed by atoms with Crippen molar-refractivity contribution in [2.75, 3.05) is 6.54 Å². The zero-order valence-electron chi connectivity index (χ0n) is 7.85. The molecule has 1 nitrogen and oxygen atoms in total. The highest BCUT2D eigenvalue weighted by Gasteiger charge is 1.89. The van der Waals surface area contributed by atoms with Crippen LogP contribution in [0.4, 0.5) is 0 Å². The Balaban J connectivity index is 0. The van der Waals surface area contributed by atoms with Gasteiger partial charge in [-0.15, -0.1) is 0 Å². The Morgan fingerprint density at radius 1 is 1.45 bits per heavy atom. The third-order valence-electron chi connectivity index (χ3n) is 1.09. The van der Waals surface area contributed by atoms with Crippen LogP contribution in [-0.2, 0) is 0 Å². The van der Waals surface area contributed by atoms with E-state index in [1.165, 1.54) is 0 Å². The van der Waals surface area contributed by atoms with Gasteiger partial charge in [-0.05, 0) is 12.5 Å². The average Bonchev–Trinajstić information content (AvgIpc) is 2.03. The molecule has 0 atom stereocenters. The van der Waals surface area contributed by atoms with Gasteiger partial charge < -0.3 is 5.73 Å². The SMILES string of the molecule is C=C/C=C(/CN)C(=C)C.CC. The van der Waals surface area contributed by atoms with Crippen LogP contribution in [0.3, 0.4) is 0 Å². The second kappa shape index (κ2) is 9.18. The van der Waals surface area contributed by atoms with E-state index in [9.17, 15) is 0 Å². The molecule has 0 rings (SSSR count). The van der Waals surface area contributed by atoms with E-state index in [4.69, 9.17) is 5.73 Å². The fourth-order valence-corrected chi connectivity index (χ4v) is 0.527. The molecule has 0 aliphatic carbocycles. The summed E-state index contributed by atoms with van der Waals surface area (Å²) in [5, 5.41) is 0. The highest BCUT2D eigenvalue weighted by atomic mass is 14.5. The molecule has 0 aromatic carbocycles. The molecule has 0 aromatic heterocycles. The molecular formula is C10H19N. The average molecular weight is 153 g/mol. The summed E-state index contributed by atoms with van der Waals surface area (Å²) < 4.78 is 0. The lowest BCUT2D eigenvalue weighted by Gasteiger charge is -1.99. The van der Waals surface area contributed by atoms with E-state index in [2.05, 4.69) is 13.2 Å². The Labute approximate surface area is 70.3 Å². The molecule has 0 aliphatic rings. The first kappa shape index (κ1) is 12.8. The van der Waals surface area contributed by atoms with Gasteiger partial charge in [0.25, 0.3) is 0 Å². The molecule has 0 radical (unpaired) electrons. The molecule has 64 valence electrons. The smallest absolute Gasteiger partial charge is 0.0180 e. The first-order valence-electron chi connectivity index (χ1n) is 3.90. The molecule has 0 unspecified atom stereocenters. The van der Waals surface area contributed by atoms with Crippen molar-refractivity contribution in [1.29, 1.82) is 0 Å². The first-order chi connectivity index (χ1) is 5.22. The van der Waals surface area contributed by atoms with Crippen molar-refractivity contribution in [2.45, 2.75) is 20.8 Å². The number of hydrogen-bond acceptors (Lipinski definition) is 1. The topological polar surface area (TPSA) is 26.0 Å². The van der Waals surface area contributed by atoms with Gasteiger partial charge in [0.15, 0.2) is 0 Å². The van der Waals surface area contributed by atoms with Crippen molar-refractivity contribution in [3.63, 3.8) is 0 Å². The maximum Gasteiger partial charge on any atom is 0.0180 e. The van der Waals surface area contributed by atoms with E-state index in [0.717, 1.165) is 11.1 Å². The Kier molecular flexibility index (Phi) is 10.7. The van der Waals surface area contributed by atoms with Gasteiger partial charge in [0.2, 0.25) is 0 Å². The summed E-state index contributed by atoms with van der Waals surface area (Å²) in [6, 6.07) is 0. The van der Waals surface area contributed by atoms with Gasteiger partial charge in [-0.2, -0.15) is 0 Å². The third-order valence-corrected chi connectivity index (χ3v) is 1.09. The Hall–Kier alpha value is -0.820. The highest BCUT2D eigenvalue weighted by Crippen LogP contribution is 2.03. The molecule has 2 N–H and O–H groups in total. The van der Waals surface area contributed by atoms with Crippen LogP contribution >= 0.6 is 0 Å². The summed E-state index contributed by atoms with van der Waals surface area (Å²) >= 11 is 0. The quantitative estimate of drug-likeness (QED) is 0.620. The van der Waals surface area contributed by atoms with Crippen molar-refractivity contribution in [3.05, 3.63) is 36.5 Å². The van der Waals surface area contributed by atoms with Crippen LogP contribution in [0.5, 0.6) is 0 Å². The molecule has 0 saturated carbocycles. The summed E-state index contributed by atoms with van der Waals surface area (Å²) in [6.45, 7) is 13.8. The molecule has 0 saturated heterocycles. The summed E-state index contributed by atoms with van der Waals surface area (Å²) in [5.41, 5.74) is 7.45. The third kappa shape index (κ3) is 7.07. The van der Waals surface area contributed by atoms with Gasteiger partial charge in [-0.25, -0.2) is 0 Å². The zero-order valence-corrected chi connectivity index (χ0v) is 7.85. The zero-order chi connectivity index (χ0) is 9.28. The van der Waals surface area contributed by atoms with Crippen molar-refractivity contribution < 1.29 is 0 Å². The summed E-state index contributed by atoms with van der Waals surface area (Å²) in [4.78, 5) is 0. The fourth-order valence-electron chi connectivity index (χ4n) is 0.527. The molecule has 0 amide bonds. The molecule has 0 spiro atoms. The molecule has 0 aromatic rings. The summed E-state index contributed by atoms with van der Waals surface area (Å²) in [6.07, 6.45) is 3.60. The molecule has 0 heterocycles. The van der Waals surface area contributed by atoms with Crippen LogP contribution in [0.2, 0.25) is 0 Å². The molecule has 1 heteroatoms. The van der Waals surface area contributed by atoms with E-state index in [-0.39, 0.29) is 0 Å². The van der Waals surface area contributed by atoms with Gasteiger partial charge in [0.1, 0.15) is 0 Å². The van der Waals surface area contributed by atoms with Gasteiger partial charge in [0, 0.05) is 6.54 Å².